The third kappa shape index (κ3) is 4.86. The van der Waals surface area contributed by atoms with Crippen molar-refractivity contribution in [2.24, 2.45) is 10.9 Å². The van der Waals surface area contributed by atoms with Crippen LogP contribution in [0.4, 0.5) is 0 Å². The average molecular weight is 354 g/mol. The van der Waals surface area contributed by atoms with Crippen molar-refractivity contribution in [3.8, 4) is 23.0 Å². The van der Waals surface area contributed by atoms with Gasteiger partial charge in [-0.25, -0.2) is 0 Å². The fourth-order valence-corrected chi connectivity index (χ4v) is 3.27. The molecule has 2 unspecified atom stereocenters. The first kappa shape index (κ1) is 18.9. The number of allylic oxidation sites excluding steroid dienone is 2. The van der Waals surface area contributed by atoms with Gasteiger partial charge in [-0.15, -0.1) is 5.92 Å². The minimum Gasteiger partial charge on any atom is -0.268 e. The molecule has 136 valence electrons. The first-order valence-electron chi connectivity index (χ1n) is 9.75. The highest BCUT2D eigenvalue weighted by Crippen LogP contribution is 2.25. The zero-order chi connectivity index (χ0) is 19.1. The summed E-state index contributed by atoms with van der Waals surface area (Å²) >= 11 is 0. The van der Waals surface area contributed by atoms with Crippen LogP contribution in [0.15, 0.2) is 83.4 Å². The largest absolute Gasteiger partial charge is 0.268 e. The van der Waals surface area contributed by atoms with Crippen LogP contribution in [-0.4, -0.2) is 11.8 Å². The Hall–Kier alpha value is -2.85. The van der Waals surface area contributed by atoms with E-state index in [9.17, 15) is 0 Å². The van der Waals surface area contributed by atoms with Crippen molar-refractivity contribution in [1.29, 1.82) is 0 Å². The minimum atomic E-state index is -0.0995. The Morgan fingerprint density at radius 1 is 1.11 bits per heavy atom. The van der Waals surface area contributed by atoms with Crippen LogP contribution in [0, 0.1) is 17.8 Å². The molecule has 0 heterocycles. The van der Waals surface area contributed by atoms with Crippen molar-refractivity contribution >= 4 is 5.71 Å². The van der Waals surface area contributed by atoms with Crippen LogP contribution in [0.1, 0.15) is 39.2 Å². The Bertz CT molecular complexity index is 919. The summed E-state index contributed by atoms with van der Waals surface area (Å²) in [6.07, 6.45) is 8.66. The molecule has 2 aromatic carbocycles. The lowest BCUT2D eigenvalue weighted by molar-refractivity contribution is 0.724. The molecule has 0 aromatic heterocycles. The van der Waals surface area contributed by atoms with E-state index >= 15 is 0 Å². The van der Waals surface area contributed by atoms with Crippen molar-refractivity contribution in [2.75, 3.05) is 0 Å². The molecule has 0 spiro atoms. The van der Waals surface area contributed by atoms with Gasteiger partial charge in [0.25, 0.3) is 0 Å². The smallest absolute Gasteiger partial charge is 0.135 e. The predicted molar refractivity (Wildman–Crippen MR) is 117 cm³/mol. The maximum atomic E-state index is 5.04. The highest BCUT2D eigenvalue weighted by atomic mass is 14.8. The van der Waals surface area contributed by atoms with Gasteiger partial charge in [0, 0.05) is 17.7 Å². The summed E-state index contributed by atoms with van der Waals surface area (Å²) in [5, 5.41) is 0. The Kier molecular flexibility index (Phi) is 6.44. The van der Waals surface area contributed by atoms with Gasteiger partial charge in [0.1, 0.15) is 6.04 Å². The molecule has 3 rings (SSSR count). The topological polar surface area (TPSA) is 12.4 Å². The molecule has 0 saturated heterocycles. The number of hydrogen-bond donors (Lipinski definition) is 0. The van der Waals surface area contributed by atoms with Crippen LogP contribution in [0.2, 0.25) is 0 Å². The quantitative estimate of drug-likeness (QED) is 0.441. The minimum absolute atomic E-state index is 0.0995. The second-order valence-corrected chi connectivity index (χ2v) is 6.98. The number of benzene rings is 2. The van der Waals surface area contributed by atoms with E-state index in [0.717, 1.165) is 18.6 Å². The summed E-state index contributed by atoms with van der Waals surface area (Å²) in [4.78, 5) is 5.04. The highest BCUT2D eigenvalue weighted by Gasteiger charge is 2.14. The summed E-state index contributed by atoms with van der Waals surface area (Å²) in [5.74, 6) is 7.18. The van der Waals surface area contributed by atoms with E-state index in [1.807, 2.05) is 6.07 Å². The standard InChI is InChI=1S/C26H27N/c1-4-5-15-26(23-18-16-20(2)17-19-23)27-21(3)24-13-9-10-14-25(24)22-11-7-6-8-12-22/h6-14,16,18-20,26H,4,17H2,1-3H3. The van der Waals surface area contributed by atoms with Crippen molar-refractivity contribution in [2.45, 2.75) is 39.7 Å². The monoisotopic (exact) mass is 353 g/mol. The average Bonchev–Trinajstić information content (AvgIpc) is 2.72. The van der Waals surface area contributed by atoms with E-state index < -0.39 is 0 Å². The Morgan fingerprint density at radius 3 is 2.56 bits per heavy atom. The second-order valence-electron chi connectivity index (χ2n) is 6.98. The number of rotatable bonds is 4. The van der Waals surface area contributed by atoms with Gasteiger partial charge in [-0.05, 0) is 36.0 Å². The molecule has 1 aliphatic carbocycles. The summed E-state index contributed by atoms with van der Waals surface area (Å²) in [6, 6.07) is 18.9. The summed E-state index contributed by atoms with van der Waals surface area (Å²) in [5.41, 5.74) is 5.83. The first-order valence-corrected chi connectivity index (χ1v) is 9.75. The van der Waals surface area contributed by atoms with Crippen molar-refractivity contribution in [3.05, 3.63) is 84.0 Å². The molecular formula is C26H27N. The Morgan fingerprint density at radius 2 is 1.85 bits per heavy atom. The van der Waals surface area contributed by atoms with E-state index in [0.29, 0.717) is 5.92 Å². The molecule has 0 fully saturated rings. The van der Waals surface area contributed by atoms with Crippen LogP contribution < -0.4 is 0 Å². The molecule has 0 N–H and O–H groups in total. The Balaban J connectivity index is 1.99. The van der Waals surface area contributed by atoms with Crippen molar-refractivity contribution in [1.82, 2.24) is 0 Å². The fraction of sp³-hybridized carbons (Fsp3) is 0.269. The molecule has 27 heavy (non-hydrogen) atoms. The third-order valence-corrected chi connectivity index (χ3v) is 4.80. The fourth-order valence-electron chi connectivity index (χ4n) is 3.27. The normalized spacial score (nSPS) is 17.7. The van der Waals surface area contributed by atoms with E-state index in [2.05, 4.69) is 99.4 Å². The van der Waals surface area contributed by atoms with Gasteiger partial charge < -0.3 is 0 Å². The first-order chi connectivity index (χ1) is 13.2. The van der Waals surface area contributed by atoms with Gasteiger partial charge in [0.05, 0.1) is 0 Å². The lowest BCUT2D eigenvalue weighted by atomic mass is 9.94. The molecule has 2 atom stereocenters. The SMILES string of the molecule is CCC#CC(N=C(C)c1ccccc1-c1ccccc1)C1=CCC(C)C=C1. The molecule has 0 saturated carbocycles. The zero-order valence-corrected chi connectivity index (χ0v) is 16.4. The molecular weight excluding hydrogens is 326 g/mol. The van der Waals surface area contributed by atoms with E-state index in [4.69, 9.17) is 4.99 Å². The van der Waals surface area contributed by atoms with Gasteiger partial charge in [-0.3, -0.25) is 4.99 Å². The van der Waals surface area contributed by atoms with E-state index in [-0.39, 0.29) is 6.04 Å². The lowest BCUT2D eigenvalue weighted by Crippen LogP contribution is -2.11. The van der Waals surface area contributed by atoms with Gasteiger partial charge in [-0.1, -0.05) is 92.6 Å². The highest BCUT2D eigenvalue weighted by molar-refractivity contribution is 6.04. The van der Waals surface area contributed by atoms with Crippen LogP contribution in [0.25, 0.3) is 11.1 Å². The zero-order valence-electron chi connectivity index (χ0n) is 16.4. The molecule has 2 aromatic rings. The maximum absolute atomic E-state index is 5.04. The van der Waals surface area contributed by atoms with Gasteiger partial charge in [-0.2, -0.15) is 0 Å². The molecule has 0 aliphatic heterocycles. The van der Waals surface area contributed by atoms with Crippen molar-refractivity contribution < 1.29 is 0 Å². The molecule has 1 heteroatoms. The van der Waals surface area contributed by atoms with Gasteiger partial charge in [0.2, 0.25) is 0 Å². The number of nitrogens with zero attached hydrogens (tertiary/aromatic N) is 1. The van der Waals surface area contributed by atoms with E-state index in [1.54, 1.807) is 0 Å². The van der Waals surface area contributed by atoms with Gasteiger partial charge >= 0.3 is 0 Å². The summed E-state index contributed by atoms with van der Waals surface area (Å²) < 4.78 is 0. The maximum Gasteiger partial charge on any atom is 0.135 e. The van der Waals surface area contributed by atoms with Crippen molar-refractivity contribution in [3.63, 3.8) is 0 Å². The van der Waals surface area contributed by atoms with Crippen LogP contribution in [0.5, 0.6) is 0 Å². The molecule has 1 nitrogen and oxygen atoms in total. The molecule has 0 radical (unpaired) electrons. The summed E-state index contributed by atoms with van der Waals surface area (Å²) in [6.45, 7) is 6.41. The molecule has 0 amide bonds. The lowest BCUT2D eigenvalue weighted by Gasteiger charge is -2.16. The Labute approximate surface area is 163 Å². The second kappa shape index (κ2) is 9.19. The number of aliphatic imine (C=N–C) groups is 1. The molecule has 1 aliphatic rings. The summed E-state index contributed by atoms with van der Waals surface area (Å²) in [7, 11) is 0. The van der Waals surface area contributed by atoms with Crippen LogP contribution in [-0.2, 0) is 0 Å². The third-order valence-electron chi connectivity index (χ3n) is 4.80. The van der Waals surface area contributed by atoms with Gasteiger partial charge in [0.15, 0.2) is 0 Å². The molecule has 0 bridgehead atoms. The predicted octanol–water partition coefficient (Wildman–Crippen LogP) is 6.47. The van der Waals surface area contributed by atoms with E-state index in [1.165, 1.54) is 22.3 Å². The number of hydrogen-bond acceptors (Lipinski definition) is 1. The van der Waals surface area contributed by atoms with Crippen LogP contribution in [0.3, 0.4) is 0 Å². The van der Waals surface area contributed by atoms with Crippen LogP contribution >= 0.6 is 0 Å².